The fraction of sp³-hybridized carbons (Fsp3) is 0.235. The first-order chi connectivity index (χ1) is 9.69. The molecule has 0 aliphatic rings. The van der Waals surface area contributed by atoms with Gasteiger partial charge in [0.15, 0.2) is 5.78 Å². The Morgan fingerprint density at radius 3 is 2.50 bits per heavy atom. The Labute approximate surface area is 129 Å². The van der Waals surface area contributed by atoms with Crippen LogP contribution in [0.1, 0.15) is 27.0 Å². The summed E-state index contributed by atoms with van der Waals surface area (Å²) in [6.45, 7) is 2.02. The number of rotatable bonds is 6. The summed E-state index contributed by atoms with van der Waals surface area (Å²) in [4.78, 5) is 12.0. The maximum Gasteiger partial charge on any atom is 0.172 e. The molecular formula is C17H17ClOS. The van der Waals surface area contributed by atoms with Crippen molar-refractivity contribution in [2.24, 2.45) is 0 Å². The molecule has 2 aromatic rings. The van der Waals surface area contributed by atoms with Crippen LogP contribution >= 0.6 is 23.4 Å². The average molecular weight is 305 g/mol. The van der Waals surface area contributed by atoms with Crippen LogP contribution in [0.4, 0.5) is 0 Å². The molecule has 0 aliphatic heterocycles. The first-order valence-corrected chi connectivity index (χ1v) is 8.19. The number of halogens is 1. The third-order valence-corrected chi connectivity index (χ3v) is 4.33. The summed E-state index contributed by atoms with van der Waals surface area (Å²) in [5, 5.41) is 0. The minimum atomic E-state index is 0.184. The van der Waals surface area contributed by atoms with Crippen LogP contribution in [0, 0.1) is 6.92 Å². The molecule has 0 N–H and O–H groups in total. The molecule has 0 saturated heterocycles. The van der Waals surface area contributed by atoms with E-state index in [0.717, 1.165) is 16.9 Å². The number of Topliss-reactive ketones (excluding diaryl/α,β-unsaturated/α-hetero) is 1. The predicted octanol–water partition coefficient (Wildman–Crippen LogP) is 4.85. The molecule has 2 rings (SSSR count). The molecule has 0 spiro atoms. The van der Waals surface area contributed by atoms with Gasteiger partial charge in [0.2, 0.25) is 0 Å². The van der Waals surface area contributed by atoms with Crippen LogP contribution < -0.4 is 0 Å². The van der Waals surface area contributed by atoms with Crippen LogP contribution in [0.2, 0.25) is 0 Å². The van der Waals surface area contributed by atoms with Crippen molar-refractivity contribution in [1.82, 2.24) is 0 Å². The Bertz CT molecular complexity index is 578. The lowest BCUT2D eigenvalue weighted by Gasteiger charge is -2.04. The molecule has 0 bridgehead atoms. The van der Waals surface area contributed by atoms with Gasteiger partial charge in [-0.3, -0.25) is 4.79 Å². The number of ketones is 1. The van der Waals surface area contributed by atoms with Crippen LogP contribution in [-0.2, 0) is 11.6 Å². The van der Waals surface area contributed by atoms with Gasteiger partial charge in [-0.2, -0.15) is 0 Å². The molecule has 20 heavy (non-hydrogen) atoms. The minimum Gasteiger partial charge on any atom is -0.293 e. The highest BCUT2D eigenvalue weighted by molar-refractivity contribution is 7.99. The van der Waals surface area contributed by atoms with E-state index >= 15 is 0 Å². The zero-order chi connectivity index (χ0) is 14.4. The molecule has 0 unspecified atom stereocenters. The summed E-state index contributed by atoms with van der Waals surface area (Å²) in [5.74, 6) is 2.06. The van der Waals surface area contributed by atoms with E-state index in [-0.39, 0.29) is 5.78 Å². The standard InChI is InChI=1S/C17H17ClOS/c1-13-5-7-16(8-6-13)17(19)12-20-11-15-4-2-3-14(9-15)10-18/h2-9H,10-12H2,1H3. The monoisotopic (exact) mass is 304 g/mol. The molecule has 2 aromatic carbocycles. The van der Waals surface area contributed by atoms with E-state index in [4.69, 9.17) is 11.6 Å². The molecule has 1 nitrogen and oxygen atoms in total. The third-order valence-electron chi connectivity index (χ3n) is 3.02. The third kappa shape index (κ3) is 4.39. The fourth-order valence-corrected chi connectivity index (χ4v) is 2.92. The lowest BCUT2D eigenvalue weighted by Crippen LogP contribution is -2.02. The summed E-state index contributed by atoms with van der Waals surface area (Å²) in [7, 11) is 0. The van der Waals surface area contributed by atoms with Crippen molar-refractivity contribution in [3.63, 3.8) is 0 Å². The molecule has 0 aliphatic carbocycles. The van der Waals surface area contributed by atoms with Gasteiger partial charge in [-0.25, -0.2) is 0 Å². The summed E-state index contributed by atoms with van der Waals surface area (Å²) >= 11 is 7.46. The van der Waals surface area contributed by atoms with Crippen molar-refractivity contribution in [1.29, 1.82) is 0 Å². The second kappa shape index (κ2) is 7.51. The second-order valence-corrected chi connectivity index (χ2v) is 5.99. The van der Waals surface area contributed by atoms with Gasteiger partial charge in [0.25, 0.3) is 0 Å². The highest BCUT2D eigenvalue weighted by atomic mass is 35.5. The molecule has 0 fully saturated rings. The number of carbonyl (C=O) groups is 1. The summed E-state index contributed by atoms with van der Waals surface area (Å²) in [5.41, 5.74) is 4.30. The van der Waals surface area contributed by atoms with Gasteiger partial charge in [0, 0.05) is 17.2 Å². The number of aryl methyl sites for hydroxylation is 1. The fourth-order valence-electron chi connectivity index (χ4n) is 1.89. The van der Waals surface area contributed by atoms with Crippen molar-refractivity contribution in [3.8, 4) is 0 Å². The highest BCUT2D eigenvalue weighted by Gasteiger charge is 2.05. The Hall–Kier alpha value is -1.25. The van der Waals surface area contributed by atoms with Crippen molar-refractivity contribution in [2.45, 2.75) is 18.6 Å². The van der Waals surface area contributed by atoms with Crippen molar-refractivity contribution < 1.29 is 4.79 Å². The smallest absolute Gasteiger partial charge is 0.172 e. The van der Waals surface area contributed by atoms with Crippen LogP contribution in [0.3, 0.4) is 0 Å². The number of alkyl halides is 1. The van der Waals surface area contributed by atoms with Crippen molar-refractivity contribution in [3.05, 3.63) is 70.8 Å². The number of hydrogen-bond donors (Lipinski definition) is 0. The van der Waals surface area contributed by atoms with E-state index in [1.165, 1.54) is 11.1 Å². The number of hydrogen-bond acceptors (Lipinski definition) is 2. The number of carbonyl (C=O) groups excluding carboxylic acids is 1. The van der Waals surface area contributed by atoms with Crippen LogP contribution in [0.25, 0.3) is 0 Å². The zero-order valence-corrected chi connectivity index (χ0v) is 13.0. The molecule has 0 amide bonds. The quantitative estimate of drug-likeness (QED) is 0.560. The molecular weight excluding hydrogens is 288 g/mol. The highest BCUT2D eigenvalue weighted by Crippen LogP contribution is 2.16. The van der Waals surface area contributed by atoms with E-state index in [9.17, 15) is 4.79 Å². The molecule has 3 heteroatoms. The first kappa shape index (κ1) is 15.1. The van der Waals surface area contributed by atoms with Gasteiger partial charge >= 0.3 is 0 Å². The molecule has 0 radical (unpaired) electrons. The first-order valence-electron chi connectivity index (χ1n) is 6.50. The Morgan fingerprint density at radius 1 is 1.10 bits per heavy atom. The largest absolute Gasteiger partial charge is 0.293 e. The van der Waals surface area contributed by atoms with E-state index in [1.54, 1.807) is 11.8 Å². The zero-order valence-electron chi connectivity index (χ0n) is 11.4. The maximum atomic E-state index is 12.0. The number of benzene rings is 2. The van der Waals surface area contributed by atoms with Crippen LogP contribution in [-0.4, -0.2) is 11.5 Å². The Kier molecular flexibility index (Phi) is 5.69. The Balaban J connectivity index is 1.86. The van der Waals surface area contributed by atoms with E-state index in [1.807, 2.05) is 43.3 Å². The molecule has 0 saturated carbocycles. The molecule has 104 valence electrons. The van der Waals surface area contributed by atoms with E-state index < -0.39 is 0 Å². The molecule has 0 aromatic heterocycles. The lowest BCUT2D eigenvalue weighted by molar-refractivity contribution is 0.102. The topological polar surface area (TPSA) is 17.1 Å². The van der Waals surface area contributed by atoms with Gasteiger partial charge < -0.3 is 0 Å². The Morgan fingerprint density at radius 2 is 1.80 bits per heavy atom. The maximum absolute atomic E-state index is 12.0. The summed E-state index contributed by atoms with van der Waals surface area (Å²) < 4.78 is 0. The van der Waals surface area contributed by atoms with Gasteiger partial charge in [-0.05, 0) is 18.1 Å². The van der Waals surface area contributed by atoms with Gasteiger partial charge in [-0.15, -0.1) is 23.4 Å². The van der Waals surface area contributed by atoms with Crippen molar-refractivity contribution in [2.75, 3.05) is 5.75 Å². The van der Waals surface area contributed by atoms with Crippen molar-refractivity contribution >= 4 is 29.1 Å². The SMILES string of the molecule is Cc1ccc(C(=O)CSCc2cccc(CCl)c2)cc1. The van der Waals surface area contributed by atoms with Crippen LogP contribution in [0.5, 0.6) is 0 Å². The van der Waals surface area contributed by atoms with Gasteiger partial charge in [0.05, 0.1) is 5.75 Å². The molecule has 0 atom stereocenters. The van der Waals surface area contributed by atoms with Crippen LogP contribution in [0.15, 0.2) is 48.5 Å². The number of thioether (sulfide) groups is 1. The predicted molar refractivity (Wildman–Crippen MR) is 87.7 cm³/mol. The van der Waals surface area contributed by atoms with E-state index in [0.29, 0.717) is 11.6 Å². The van der Waals surface area contributed by atoms with Gasteiger partial charge in [0.1, 0.15) is 0 Å². The van der Waals surface area contributed by atoms with E-state index in [2.05, 4.69) is 12.1 Å². The summed E-state index contributed by atoms with van der Waals surface area (Å²) in [6.07, 6.45) is 0. The second-order valence-electron chi connectivity index (χ2n) is 4.74. The normalized spacial score (nSPS) is 10.5. The lowest BCUT2D eigenvalue weighted by atomic mass is 10.1. The minimum absolute atomic E-state index is 0.184. The molecule has 0 heterocycles. The average Bonchev–Trinajstić information content (AvgIpc) is 2.48. The summed E-state index contributed by atoms with van der Waals surface area (Å²) in [6, 6.07) is 15.9. The van der Waals surface area contributed by atoms with Gasteiger partial charge in [-0.1, -0.05) is 54.1 Å².